The van der Waals surface area contributed by atoms with Crippen molar-refractivity contribution < 1.29 is 13.9 Å². The highest BCUT2D eigenvalue weighted by molar-refractivity contribution is 5.80. The summed E-state index contributed by atoms with van der Waals surface area (Å²) in [6, 6.07) is 11.8. The molecule has 3 heterocycles. The highest BCUT2D eigenvalue weighted by Crippen LogP contribution is 2.30. The largest absolute Gasteiger partial charge is 0.377 e. The van der Waals surface area contributed by atoms with Crippen LogP contribution in [-0.4, -0.2) is 48.6 Å². The van der Waals surface area contributed by atoms with Gasteiger partial charge in [0.2, 0.25) is 5.91 Å². The van der Waals surface area contributed by atoms with Gasteiger partial charge in [-0.1, -0.05) is 12.1 Å². The first-order valence-corrected chi connectivity index (χ1v) is 9.90. The third-order valence-electron chi connectivity index (χ3n) is 5.71. The van der Waals surface area contributed by atoms with Gasteiger partial charge in [-0.05, 0) is 42.7 Å². The van der Waals surface area contributed by atoms with Crippen LogP contribution in [-0.2, 0) is 9.53 Å². The number of carbonyl (C=O) groups is 1. The number of rotatable bonds is 3. The number of hydrogen-bond acceptors (Lipinski definition) is 5. The molecule has 7 heteroatoms. The van der Waals surface area contributed by atoms with Gasteiger partial charge in [0, 0.05) is 31.7 Å². The van der Waals surface area contributed by atoms with Crippen LogP contribution < -0.4 is 4.90 Å². The number of hydrogen-bond donors (Lipinski definition) is 0. The third-order valence-corrected chi connectivity index (χ3v) is 5.71. The lowest BCUT2D eigenvalue weighted by atomic mass is 9.93. The summed E-state index contributed by atoms with van der Waals surface area (Å²) in [5.74, 6) is 0.665. The van der Waals surface area contributed by atoms with Crippen molar-refractivity contribution in [3.63, 3.8) is 0 Å². The van der Waals surface area contributed by atoms with Crippen LogP contribution in [0.4, 0.5) is 10.2 Å². The number of ether oxygens (including phenoxy) is 1. The number of morpholine rings is 1. The number of piperidine rings is 1. The second kappa shape index (κ2) is 8.58. The Balaban J connectivity index is 1.41. The summed E-state index contributed by atoms with van der Waals surface area (Å²) < 4.78 is 18.9. The van der Waals surface area contributed by atoms with E-state index in [4.69, 9.17) is 10.00 Å². The van der Waals surface area contributed by atoms with E-state index in [-0.39, 0.29) is 23.7 Å². The lowest BCUT2D eigenvalue weighted by Gasteiger charge is -2.40. The molecule has 1 aromatic carbocycles. The van der Waals surface area contributed by atoms with Crippen molar-refractivity contribution in [3.05, 3.63) is 59.5 Å². The van der Waals surface area contributed by atoms with Crippen LogP contribution in [0.2, 0.25) is 0 Å². The van der Waals surface area contributed by atoms with Crippen molar-refractivity contribution in [2.45, 2.75) is 18.9 Å². The molecule has 2 aromatic rings. The van der Waals surface area contributed by atoms with Crippen LogP contribution >= 0.6 is 0 Å². The maximum atomic E-state index is 13.3. The molecule has 0 bridgehead atoms. The van der Waals surface area contributed by atoms with Gasteiger partial charge in [-0.2, -0.15) is 5.26 Å². The van der Waals surface area contributed by atoms with Gasteiger partial charge in [-0.15, -0.1) is 0 Å². The summed E-state index contributed by atoms with van der Waals surface area (Å²) in [6.07, 6.45) is 3.09. The molecule has 0 spiro atoms. The normalized spacial score (nSPS) is 20.3. The zero-order valence-corrected chi connectivity index (χ0v) is 16.1. The predicted octanol–water partition coefficient (Wildman–Crippen LogP) is 2.91. The Bertz CT molecular complexity index is 887. The fraction of sp³-hybridized carbons (Fsp3) is 0.409. The second-order valence-electron chi connectivity index (χ2n) is 7.45. The molecule has 0 aliphatic carbocycles. The van der Waals surface area contributed by atoms with E-state index in [2.05, 4.69) is 16.0 Å². The summed E-state index contributed by atoms with van der Waals surface area (Å²) >= 11 is 0. The van der Waals surface area contributed by atoms with Crippen molar-refractivity contribution in [1.82, 2.24) is 9.88 Å². The minimum atomic E-state index is -0.285. The van der Waals surface area contributed by atoms with E-state index in [1.54, 1.807) is 24.4 Å². The standard InChI is InChI=1S/C22H23FN4O2/c23-19-4-2-17(3-5-19)20-15-29-12-11-27(20)22(28)18-7-9-26(10-8-18)21-6-1-16(13-24)14-25-21/h1-6,14,18,20H,7-12,15H2. The fourth-order valence-electron chi connectivity index (χ4n) is 4.06. The van der Waals surface area contributed by atoms with Gasteiger partial charge >= 0.3 is 0 Å². The minimum absolute atomic E-state index is 0.0364. The van der Waals surface area contributed by atoms with Crippen molar-refractivity contribution in [3.8, 4) is 6.07 Å². The Morgan fingerprint density at radius 3 is 2.55 bits per heavy atom. The molecule has 150 valence electrons. The van der Waals surface area contributed by atoms with Gasteiger partial charge in [-0.3, -0.25) is 4.79 Å². The molecule has 6 nitrogen and oxygen atoms in total. The maximum absolute atomic E-state index is 13.3. The Labute approximate surface area is 169 Å². The summed E-state index contributed by atoms with van der Waals surface area (Å²) in [5.41, 5.74) is 1.44. The van der Waals surface area contributed by atoms with Crippen LogP contribution in [0.5, 0.6) is 0 Å². The molecule has 1 atom stereocenters. The quantitative estimate of drug-likeness (QED) is 0.801. The number of carbonyl (C=O) groups excluding carboxylic acids is 1. The van der Waals surface area contributed by atoms with Gasteiger partial charge in [0.25, 0.3) is 0 Å². The van der Waals surface area contributed by atoms with E-state index in [0.29, 0.717) is 25.3 Å². The SMILES string of the molecule is N#Cc1ccc(N2CCC(C(=O)N3CCOCC3c3ccc(F)cc3)CC2)nc1. The Hall–Kier alpha value is -2.98. The second-order valence-corrected chi connectivity index (χ2v) is 7.45. The van der Waals surface area contributed by atoms with Crippen LogP contribution in [0.3, 0.4) is 0 Å². The number of aromatic nitrogens is 1. The van der Waals surface area contributed by atoms with E-state index in [1.807, 2.05) is 11.0 Å². The zero-order chi connectivity index (χ0) is 20.2. The predicted molar refractivity (Wildman–Crippen MR) is 106 cm³/mol. The topological polar surface area (TPSA) is 69.5 Å². The molecular weight excluding hydrogens is 371 g/mol. The fourth-order valence-corrected chi connectivity index (χ4v) is 4.06. The van der Waals surface area contributed by atoms with E-state index in [1.165, 1.54) is 12.1 Å². The van der Waals surface area contributed by atoms with Gasteiger partial charge in [0.1, 0.15) is 17.7 Å². The van der Waals surface area contributed by atoms with E-state index in [0.717, 1.165) is 37.3 Å². The third kappa shape index (κ3) is 4.22. The summed E-state index contributed by atoms with van der Waals surface area (Å²) in [6.45, 7) is 3.02. The molecule has 0 N–H and O–H groups in total. The molecule has 2 saturated heterocycles. The number of nitrogens with zero attached hydrogens (tertiary/aromatic N) is 4. The first-order valence-electron chi connectivity index (χ1n) is 9.90. The van der Waals surface area contributed by atoms with Gasteiger partial charge in [0.15, 0.2) is 0 Å². The number of amides is 1. The van der Waals surface area contributed by atoms with Gasteiger partial charge < -0.3 is 14.5 Å². The molecule has 2 aliphatic heterocycles. The maximum Gasteiger partial charge on any atom is 0.226 e. The molecule has 2 aliphatic rings. The van der Waals surface area contributed by atoms with Gasteiger partial charge in [0.05, 0.1) is 24.8 Å². The van der Waals surface area contributed by atoms with Crippen molar-refractivity contribution >= 4 is 11.7 Å². The lowest BCUT2D eigenvalue weighted by molar-refractivity contribution is -0.145. The summed E-state index contributed by atoms with van der Waals surface area (Å²) in [4.78, 5) is 21.7. The highest BCUT2D eigenvalue weighted by atomic mass is 19.1. The van der Waals surface area contributed by atoms with E-state index in [9.17, 15) is 9.18 Å². The van der Waals surface area contributed by atoms with Gasteiger partial charge in [-0.25, -0.2) is 9.37 Å². The minimum Gasteiger partial charge on any atom is -0.377 e. The number of pyridine rings is 1. The number of anilines is 1. The molecule has 0 saturated carbocycles. The zero-order valence-electron chi connectivity index (χ0n) is 16.1. The number of halogens is 1. The van der Waals surface area contributed by atoms with E-state index >= 15 is 0 Å². The van der Waals surface area contributed by atoms with Crippen LogP contribution in [0, 0.1) is 23.1 Å². The number of benzene rings is 1. The molecule has 2 fully saturated rings. The van der Waals surface area contributed by atoms with Crippen molar-refractivity contribution in [2.24, 2.45) is 5.92 Å². The average Bonchev–Trinajstić information content (AvgIpc) is 2.79. The van der Waals surface area contributed by atoms with Crippen LogP contribution in [0.1, 0.15) is 30.0 Å². The summed E-state index contributed by atoms with van der Waals surface area (Å²) in [5, 5.41) is 8.90. The Morgan fingerprint density at radius 1 is 1.14 bits per heavy atom. The molecular formula is C22H23FN4O2. The molecule has 29 heavy (non-hydrogen) atoms. The molecule has 0 radical (unpaired) electrons. The van der Waals surface area contributed by atoms with Crippen LogP contribution in [0.25, 0.3) is 0 Å². The molecule has 1 aromatic heterocycles. The Kier molecular flexibility index (Phi) is 5.72. The monoisotopic (exact) mass is 394 g/mol. The molecule has 1 amide bonds. The highest BCUT2D eigenvalue weighted by Gasteiger charge is 2.34. The van der Waals surface area contributed by atoms with Crippen LogP contribution in [0.15, 0.2) is 42.6 Å². The summed E-state index contributed by atoms with van der Waals surface area (Å²) in [7, 11) is 0. The smallest absolute Gasteiger partial charge is 0.226 e. The molecule has 4 rings (SSSR count). The van der Waals surface area contributed by atoms with E-state index < -0.39 is 0 Å². The average molecular weight is 394 g/mol. The number of nitriles is 1. The lowest BCUT2D eigenvalue weighted by Crippen LogP contribution is -2.48. The first-order chi connectivity index (χ1) is 14.2. The van der Waals surface area contributed by atoms with Crippen molar-refractivity contribution in [2.75, 3.05) is 37.7 Å². The Morgan fingerprint density at radius 2 is 1.90 bits per heavy atom. The molecule has 1 unspecified atom stereocenters. The van der Waals surface area contributed by atoms with Crippen molar-refractivity contribution in [1.29, 1.82) is 5.26 Å². The first kappa shape index (κ1) is 19.3.